The fourth-order valence-electron chi connectivity index (χ4n) is 3.45. The molecular formula is C15H20ClN3O3. The Balaban J connectivity index is 2.06. The van der Waals surface area contributed by atoms with Crippen molar-refractivity contribution in [3.05, 3.63) is 32.8 Å². The summed E-state index contributed by atoms with van der Waals surface area (Å²) in [7, 11) is 0. The number of nitro benzene ring substituents is 1. The van der Waals surface area contributed by atoms with Gasteiger partial charge in [-0.2, -0.15) is 0 Å². The van der Waals surface area contributed by atoms with E-state index in [1.165, 1.54) is 12.1 Å². The lowest BCUT2D eigenvalue weighted by Crippen LogP contribution is -2.48. The largest absolute Gasteiger partial charge is 0.506 e. The first-order chi connectivity index (χ1) is 10.6. The van der Waals surface area contributed by atoms with Crippen LogP contribution in [0.4, 0.5) is 5.69 Å². The van der Waals surface area contributed by atoms with E-state index in [0.717, 1.165) is 45.4 Å². The molecule has 0 spiro atoms. The van der Waals surface area contributed by atoms with Crippen molar-refractivity contribution in [3.8, 4) is 5.75 Å². The maximum atomic E-state index is 11.4. The molecule has 22 heavy (non-hydrogen) atoms. The number of rotatable bonds is 4. The molecule has 1 saturated heterocycles. The van der Waals surface area contributed by atoms with Crippen molar-refractivity contribution in [1.29, 1.82) is 0 Å². The summed E-state index contributed by atoms with van der Waals surface area (Å²) in [5.41, 5.74) is 0.362. The molecule has 2 aliphatic rings. The number of hydrogen-bond acceptors (Lipinski definition) is 5. The molecule has 1 aliphatic heterocycles. The van der Waals surface area contributed by atoms with E-state index in [9.17, 15) is 15.2 Å². The number of phenols is 1. The summed E-state index contributed by atoms with van der Waals surface area (Å²) in [4.78, 5) is 13.3. The predicted octanol–water partition coefficient (Wildman–Crippen LogP) is 2.70. The maximum Gasteiger partial charge on any atom is 0.278 e. The van der Waals surface area contributed by atoms with E-state index >= 15 is 0 Å². The van der Waals surface area contributed by atoms with E-state index < -0.39 is 4.92 Å². The highest BCUT2D eigenvalue weighted by atomic mass is 35.5. The molecule has 1 saturated carbocycles. The number of nitrogens with zero attached hydrogens (tertiary/aromatic N) is 2. The zero-order valence-electron chi connectivity index (χ0n) is 12.3. The van der Waals surface area contributed by atoms with Gasteiger partial charge in [0.2, 0.25) is 0 Å². The molecule has 1 aliphatic carbocycles. The Morgan fingerprint density at radius 1 is 1.36 bits per heavy atom. The highest BCUT2D eigenvalue weighted by Crippen LogP contribution is 2.48. The minimum absolute atomic E-state index is 0.0302. The summed E-state index contributed by atoms with van der Waals surface area (Å²) in [6, 6.07) is 2.68. The third-order valence-corrected chi connectivity index (χ3v) is 5.08. The number of nitrogens with one attached hydrogen (secondary N) is 1. The van der Waals surface area contributed by atoms with E-state index in [4.69, 9.17) is 11.6 Å². The van der Waals surface area contributed by atoms with Crippen molar-refractivity contribution in [2.24, 2.45) is 5.92 Å². The highest BCUT2D eigenvalue weighted by molar-refractivity contribution is 6.32. The molecule has 0 amide bonds. The molecular weight excluding hydrogens is 306 g/mol. The molecule has 3 rings (SSSR count). The van der Waals surface area contributed by atoms with Gasteiger partial charge in [-0.25, -0.2) is 0 Å². The van der Waals surface area contributed by atoms with Gasteiger partial charge >= 0.3 is 0 Å². The summed E-state index contributed by atoms with van der Waals surface area (Å²) >= 11 is 6.04. The molecule has 0 aromatic heterocycles. The van der Waals surface area contributed by atoms with Gasteiger partial charge in [-0.05, 0) is 24.8 Å². The number of nitro groups is 1. The zero-order chi connectivity index (χ0) is 15.7. The van der Waals surface area contributed by atoms with Crippen LogP contribution in [0.25, 0.3) is 0 Å². The molecule has 0 bridgehead atoms. The lowest BCUT2D eigenvalue weighted by molar-refractivity contribution is -0.386. The van der Waals surface area contributed by atoms with Crippen molar-refractivity contribution in [2.45, 2.75) is 25.3 Å². The third kappa shape index (κ3) is 2.78. The summed E-state index contributed by atoms with van der Waals surface area (Å²) in [5.74, 6) is 0.215. The number of halogens is 1. The lowest BCUT2D eigenvalue weighted by atomic mass is 9.75. The zero-order valence-corrected chi connectivity index (χ0v) is 13.1. The topological polar surface area (TPSA) is 78.6 Å². The maximum absolute atomic E-state index is 11.4. The van der Waals surface area contributed by atoms with Crippen molar-refractivity contribution >= 4 is 17.3 Å². The van der Waals surface area contributed by atoms with E-state index in [1.807, 2.05) is 0 Å². The molecule has 7 heteroatoms. The molecule has 0 radical (unpaired) electrons. The quantitative estimate of drug-likeness (QED) is 0.657. The summed E-state index contributed by atoms with van der Waals surface area (Å²) < 4.78 is 0. The standard InChI is InChI=1S/C15H20ClN3O3/c16-11-4-5-12(19(21)22)13(15(11)20)14(10-2-1-3-10)18-8-6-17-7-9-18/h4-5,10,14,17,20H,1-3,6-9H2/t14-/m1/s1. The van der Waals surface area contributed by atoms with Crippen LogP contribution in [0.3, 0.4) is 0 Å². The SMILES string of the molecule is O=[N+]([O-])c1ccc(Cl)c(O)c1[C@@H](C1CCC1)N1CCNCC1. The molecule has 120 valence electrons. The third-order valence-electron chi connectivity index (χ3n) is 4.78. The first kappa shape index (κ1) is 15.5. The Hall–Kier alpha value is -1.37. The van der Waals surface area contributed by atoms with Gasteiger partial charge in [-0.3, -0.25) is 15.0 Å². The molecule has 1 aromatic carbocycles. The summed E-state index contributed by atoms with van der Waals surface area (Å²) in [6.07, 6.45) is 3.22. The van der Waals surface area contributed by atoms with Crippen LogP contribution in [-0.2, 0) is 0 Å². The lowest BCUT2D eigenvalue weighted by Gasteiger charge is -2.43. The van der Waals surface area contributed by atoms with Crippen LogP contribution in [0, 0.1) is 16.0 Å². The second kappa shape index (κ2) is 6.40. The molecule has 1 atom stereocenters. The van der Waals surface area contributed by atoms with E-state index in [2.05, 4.69) is 10.2 Å². The van der Waals surface area contributed by atoms with Crippen molar-refractivity contribution in [2.75, 3.05) is 26.2 Å². The van der Waals surface area contributed by atoms with Gasteiger partial charge in [0.05, 0.1) is 15.5 Å². The number of aromatic hydroxyl groups is 1. The van der Waals surface area contributed by atoms with Crippen LogP contribution in [0.15, 0.2) is 12.1 Å². The molecule has 1 heterocycles. The van der Waals surface area contributed by atoms with Gasteiger partial charge in [0.15, 0.2) is 0 Å². The summed E-state index contributed by atoms with van der Waals surface area (Å²) in [6.45, 7) is 3.37. The Labute approximate surface area is 134 Å². The van der Waals surface area contributed by atoms with Gasteiger partial charge in [-0.1, -0.05) is 18.0 Å². The highest BCUT2D eigenvalue weighted by Gasteiger charge is 2.39. The first-order valence-corrected chi connectivity index (χ1v) is 8.08. The smallest absolute Gasteiger partial charge is 0.278 e. The van der Waals surface area contributed by atoms with Gasteiger partial charge < -0.3 is 10.4 Å². The Morgan fingerprint density at radius 3 is 2.59 bits per heavy atom. The molecule has 0 unspecified atom stereocenters. The van der Waals surface area contributed by atoms with Crippen LogP contribution in [0.5, 0.6) is 5.75 Å². The molecule has 2 fully saturated rings. The Kier molecular flexibility index (Phi) is 4.52. The van der Waals surface area contributed by atoms with E-state index in [1.54, 1.807) is 0 Å². The molecule has 2 N–H and O–H groups in total. The van der Waals surface area contributed by atoms with E-state index in [-0.39, 0.29) is 22.5 Å². The average Bonchev–Trinajstić information content (AvgIpc) is 2.46. The second-order valence-corrected chi connectivity index (χ2v) is 6.41. The normalized spacial score (nSPS) is 21.3. The van der Waals surface area contributed by atoms with Crippen molar-refractivity contribution < 1.29 is 10.0 Å². The van der Waals surface area contributed by atoms with Gasteiger partial charge in [0.1, 0.15) is 5.75 Å². The fourth-order valence-corrected chi connectivity index (χ4v) is 3.62. The van der Waals surface area contributed by atoms with Crippen LogP contribution < -0.4 is 5.32 Å². The average molecular weight is 326 g/mol. The van der Waals surface area contributed by atoms with Gasteiger partial charge in [0, 0.05) is 38.3 Å². The minimum atomic E-state index is -0.417. The van der Waals surface area contributed by atoms with Crippen LogP contribution in [0.2, 0.25) is 5.02 Å². The second-order valence-electron chi connectivity index (χ2n) is 6.01. The summed E-state index contributed by atoms with van der Waals surface area (Å²) in [5, 5.41) is 25.3. The number of piperazine rings is 1. The van der Waals surface area contributed by atoms with Crippen molar-refractivity contribution in [3.63, 3.8) is 0 Å². The Morgan fingerprint density at radius 2 is 2.05 bits per heavy atom. The Bertz CT molecular complexity index is 571. The number of hydrogen-bond donors (Lipinski definition) is 2. The fraction of sp³-hybridized carbons (Fsp3) is 0.600. The molecule has 1 aromatic rings. The first-order valence-electron chi connectivity index (χ1n) is 7.70. The minimum Gasteiger partial charge on any atom is -0.506 e. The van der Waals surface area contributed by atoms with Gasteiger partial charge in [-0.15, -0.1) is 0 Å². The number of benzene rings is 1. The van der Waals surface area contributed by atoms with E-state index in [0.29, 0.717) is 11.5 Å². The predicted molar refractivity (Wildman–Crippen MR) is 84.3 cm³/mol. The monoisotopic (exact) mass is 325 g/mol. The number of phenolic OH excluding ortho intramolecular Hbond substituents is 1. The van der Waals surface area contributed by atoms with Crippen LogP contribution in [-0.4, -0.2) is 41.1 Å². The van der Waals surface area contributed by atoms with Crippen LogP contribution >= 0.6 is 11.6 Å². The molecule has 6 nitrogen and oxygen atoms in total. The van der Waals surface area contributed by atoms with Crippen molar-refractivity contribution in [1.82, 2.24) is 10.2 Å². The van der Waals surface area contributed by atoms with Crippen LogP contribution in [0.1, 0.15) is 30.9 Å². The van der Waals surface area contributed by atoms with Gasteiger partial charge in [0.25, 0.3) is 5.69 Å².